The van der Waals surface area contributed by atoms with Crippen LogP contribution in [0.3, 0.4) is 0 Å². The molecule has 1 N–H and O–H groups in total. The minimum atomic E-state index is -1.11. The third kappa shape index (κ3) is 5.78. The van der Waals surface area contributed by atoms with Gasteiger partial charge in [-0.1, -0.05) is 35.4 Å². The van der Waals surface area contributed by atoms with Crippen LogP contribution in [0.15, 0.2) is 48.5 Å². The van der Waals surface area contributed by atoms with Crippen molar-refractivity contribution in [2.75, 3.05) is 0 Å². The van der Waals surface area contributed by atoms with Gasteiger partial charge in [0.2, 0.25) is 6.10 Å². The van der Waals surface area contributed by atoms with Gasteiger partial charge in [-0.15, -0.1) is 0 Å². The topological polar surface area (TPSA) is 107 Å². The average Bonchev–Trinajstić information content (AvgIpc) is 2.93. The Morgan fingerprint density at radius 2 is 1.41 bits per heavy atom. The zero-order chi connectivity index (χ0) is 20.0. The van der Waals surface area contributed by atoms with E-state index < -0.39 is 30.0 Å². The monoisotopic (exact) mass is 370 g/mol. The summed E-state index contributed by atoms with van der Waals surface area (Å²) in [6.07, 6.45) is -1.33. The van der Waals surface area contributed by atoms with Crippen molar-refractivity contribution in [3.05, 3.63) is 70.8 Å². The maximum absolute atomic E-state index is 11.6. The van der Waals surface area contributed by atoms with Gasteiger partial charge in [0.05, 0.1) is 17.5 Å². The number of ether oxygens (including phenoxy) is 2. The molecule has 2 aromatic rings. The number of carbonyl (C=O) groups excluding carboxylic acids is 3. The number of aryl methyl sites for hydroxylation is 2. The Hall–Kier alpha value is -3.48. The number of esters is 3. The second-order valence-corrected chi connectivity index (χ2v) is 5.93. The van der Waals surface area contributed by atoms with Gasteiger partial charge in [0.1, 0.15) is 0 Å². The summed E-state index contributed by atoms with van der Waals surface area (Å²) in [7, 11) is 0. The summed E-state index contributed by atoms with van der Waals surface area (Å²) in [5.41, 5.74) is 2.76. The van der Waals surface area contributed by atoms with E-state index in [1.54, 1.807) is 48.5 Å². The highest BCUT2D eigenvalue weighted by Crippen LogP contribution is 2.14. The zero-order valence-electron chi connectivity index (χ0n) is 14.8. The standard InChI is InChI=1S/C12H10O5.C8H8O2/c1-7-2-4-8(5-3-7)11(14)16-9-6-10(13)17-12(9)15;1-6-2-4-7(5-3-6)8(9)10/h2-5,9H,6H2,1H3;2-5H,1H3,(H,9,10). The van der Waals surface area contributed by atoms with Gasteiger partial charge in [-0.05, 0) is 38.1 Å². The zero-order valence-corrected chi connectivity index (χ0v) is 14.8. The Labute approximate surface area is 155 Å². The first-order valence-corrected chi connectivity index (χ1v) is 8.08. The fraction of sp³-hybridized carbons (Fsp3) is 0.200. The van der Waals surface area contributed by atoms with E-state index >= 15 is 0 Å². The molecule has 7 nitrogen and oxygen atoms in total. The molecular formula is C20H18O7. The minimum absolute atomic E-state index is 0.212. The molecule has 1 heterocycles. The SMILES string of the molecule is Cc1ccc(C(=O)O)cc1.Cc1ccc(C(=O)OC2CC(=O)OC2=O)cc1. The first-order chi connectivity index (χ1) is 12.8. The fourth-order valence-corrected chi connectivity index (χ4v) is 2.13. The summed E-state index contributed by atoms with van der Waals surface area (Å²) in [6.45, 7) is 3.81. The minimum Gasteiger partial charge on any atom is -0.478 e. The molecule has 2 aromatic carbocycles. The third-order valence-electron chi connectivity index (χ3n) is 3.66. The highest BCUT2D eigenvalue weighted by atomic mass is 16.6. The third-order valence-corrected chi connectivity index (χ3v) is 3.66. The van der Waals surface area contributed by atoms with Crippen molar-refractivity contribution in [1.82, 2.24) is 0 Å². The summed E-state index contributed by atoms with van der Waals surface area (Å²) in [5, 5.41) is 8.48. The number of hydrogen-bond donors (Lipinski definition) is 1. The van der Waals surface area contributed by atoms with Gasteiger partial charge < -0.3 is 14.6 Å². The normalized spacial score (nSPS) is 15.4. The van der Waals surface area contributed by atoms with Gasteiger partial charge in [-0.25, -0.2) is 14.4 Å². The van der Waals surface area contributed by atoms with Gasteiger partial charge in [-0.3, -0.25) is 4.79 Å². The van der Waals surface area contributed by atoms with Crippen LogP contribution in [0.5, 0.6) is 0 Å². The van der Waals surface area contributed by atoms with Crippen LogP contribution in [0.4, 0.5) is 0 Å². The van der Waals surface area contributed by atoms with Gasteiger partial charge in [0.15, 0.2) is 0 Å². The molecule has 1 aliphatic rings. The molecule has 1 atom stereocenters. The van der Waals surface area contributed by atoms with Crippen molar-refractivity contribution in [3.63, 3.8) is 0 Å². The lowest BCUT2D eigenvalue weighted by atomic mass is 10.1. The predicted octanol–water partition coefficient (Wildman–Crippen LogP) is 2.69. The summed E-state index contributed by atoms with van der Waals surface area (Å²) in [5.74, 6) is -2.99. The van der Waals surface area contributed by atoms with Crippen molar-refractivity contribution in [2.45, 2.75) is 26.4 Å². The van der Waals surface area contributed by atoms with E-state index in [0.717, 1.165) is 11.1 Å². The highest BCUT2D eigenvalue weighted by molar-refractivity contribution is 5.99. The van der Waals surface area contributed by atoms with Crippen molar-refractivity contribution in [2.24, 2.45) is 0 Å². The quantitative estimate of drug-likeness (QED) is 0.654. The second kappa shape index (κ2) is 8.75. The lowest BCUT2D eigenvalue weighted by Gasteiger charge is -2.07. The number of rotatable bonds is 3. The Kier molecular flexibility index (Phi) is 6.43. The number of hydrogen-bond acceptors (Lipinski definition) is 6. The van der Waals surface area contributed by atoms with E-state index in [4.69, 9.17) is 9.84 Å². The molecule has 0 bridgehead atoms. The molecule has 27 heavy (non-hydrogen) atoms. The van der Waals surface area contributed by atoms with Crippen LogP contribution >= 0.6 is 0 Å². The number of cyclic esters (lactones) is 2. The molecule has 0 amide bonds. The first kappa shape index (κ1) is 19.8. The molecule has 1 aliphatic heterocycles. The number of carboxylic acid groups (broad SMARTS) is 1. The second-order valence-electron chi connectivity index (χ2n) is 5.93. The summed E-state index contributed by atoms with van der Waals surface area (Å²) >= 11 is 0. The number of carbonyl (C=O) groups is 4. The molecule has 1 unspecified atom stereocenters. The molecule has 3 rings (SSSR count). The molecule has 0 aliphatic carbocycles. The maximum Gasteiger partial charge on any atom is 0.355 e. The van der Waals surface area contributed by atoms with E-state index in [-0.39, 0.29) is 6.42 Å². The van der Waals surface area contributed by atoms with E-state index in [1.807, 2.05) is 13.8 Å². The molecule has 0 saturated carbocycles. The van der Waals surface area contributed by atoms with E-state index in [1.165, 1.54) is 0 Å². The summed E-state index contributed by atoms with van der Waals surface area (Å²) in [6, 6.07) is 13.5. The molecule has 140 valence electrons. The predicted molar refractivity (Wildman–Crippen MR) is 94.2 cm³/mol. The lowest BCUT2D eigenvalue weighted by molar-refractivity contribution is -0.154. The van der Waals surface area contributed by atoms with Crippen LogP contribution in [0.1, 0.15) is 38.3 Å². The number of aromatic carboxylic acids is 1. The Morgan fingerprint density at radius 1 is 0.926 bits per heavy atom. The van der Waals surface area contributed by atoms with Crippen LogP contribution < -0.4 is 0 Å². The Balaban J connectivity index is 0.000000223. The van der Waals surface area contributed by atoms with Crippen molar-refractivity contribution in [1.29, 1.82) is 0 Å². The molecule has 0 spiro atoms. The van der Waals surface area contributed by atoms with Gasteiger partial charge >= 0.3 is 23.9 Å². The fourth-order valence-electron chi connectivity index (χ4n) is 2.13. The molecular weight excluding hydrogens is 352 g/mol. The van der Waals surface area contributed by atoms with Crippen LogP contribution in [0.25, 0.3) is 0 Å². The Morgan fingerprint density at radius 3 is 1.81 bits per heavy atom. The van der Waals surface area contributed by atoms with Crippen molar-refractivity contribution >= 4 is 23.9 Å². The summed E-state index contributed by atoms with van der Waals surface area (Å²) < 4.78 is 9.16. The Bertz CT molecular complexity index is 851. The average molecular weight is 370 g/mol. The smallest absolute Gasteiger partial charge is 0.355 e. The highest BCUT2D eigenvalue weighted by Gasteiger charge is 2.36. The van der Waals surface area contributed by atoms with Gasteiger partial charge in [0, 0.05) is 0 Å². The molecule has 7 heteroatoms. The first-order valence-electron chi connectivity index (χ1n) is 8.08. The van der Waals surface area contributed by atoms with Gasteiger partial charge in [-0.2, -0.15) is 0 Å². The molecule has 0 radical (unpaired) electrons. The van der Waals surface area contributed by atoms with E-state index in [9.17, 15) is 19.2 Å². The number of carboxylic acids is 1. The summed E-state index contributed by atoms with van der Waals surface area (Å²) in [4.78, 5) is 43.8. The van der Waals surface area contributed by atoms with Crippen molar-refractivity contribution < 1.29 is 33.8 Å². The lowest BCUT2D eigenvalue weighted by Crippen LogP contribution is -2.22. The van der Waals surface area contributed by atoms with Crippen LogP contribution in [0, 0.1) is 13.8 Å². The van der Waals surface area contributed by atoms with Crippen molar-refractivity contribution in [3.8, 4) is 0 Å². The largest absolute Gasteiger partial charge is 0.478 e. The molecule has 0 aromatic heterocycles. The van der Waals surface area contributed by atoms with Crippen LogP contribution in [-0.4, -0.2) is 35.1 Å². The van der Waals surface area contributed by atoms with E-state index in [0.29, 0.717) is 11.1 Å². The molecule has 1 fully saturated rings. The van der Waals surface area contributed by atoms with Crippen LogP contribution in [-0.2, 0) is 19.1 Å². The maximum atomic E-state index is 11.6. The van der Waals surface area contributed by atoms with Gasteiger partial charge in [0.25, 0.3) is 0 Å². The molecule has 1 saturated heterocycles. The number of benzene rings is 2. The van der Waals surface area contributed by atoms with E-state index in [2.05, 4.69) is 4.74 Å². The van der Waals surface area contributed by atoms with Crippen LogP contribution in [0.2, 0.25) is 0 Å².